The summed E-state index contributed by atoms with van der Waals surface area (Å²) < 4.78 is 0. The number of halogens is 1. The van der Waals surface area contributed by atoms with E-state index in [9.17, 15) is 4.79 Å². The van der Waals surface area contributed by atoms with Gasteiger partial charge in [0.1, 0.15) is 0 Å². The molecule has 1 N–H and O–H groups in total. The summed E-state index contributed by atoms with van der Waals surface area (Å²) in [5.41, 5.74) is 1.22. The van der Waals surface area contributed by atoms with E-state index < -0.39 is 0 Å². The van der Waals surface area contributed by atoms with Crippen molar-refractivity contribution in [2.45, 2.75) is 32.6 Å². The molecule has 0 saturated heterocycles. The molecule has 3 nitrogen and oxygen atoms in total. The van der Waals surface area contributed by atoms with Gasteiger partial charge < -0.3 is 10.2 Å². The van der Waals surface area contributed by atoms with Crippen molar-refractivity contribution in [2.24, 2.45) is 0 Å². The van der Waals surface area contributed by atoms with Crippen LogP contribution in [0.1, 0.15) is 31.7 Å². The first-order valence-electron chi connectivity index (χ1n) is 7.32. The van der Waals surface area contributed by atoms with Gasteiger partial charge in [-0.2, -0.15) is 0 Å². The summed E-state index contributed by atoms with van der Waals surface area (Å²) in [5, 5.41) is 4.08. The molecule has 0 fully saturated rings. The molecule has 1 aromatic carbocycles. The molecular formula is C16H25ClN2O. The Morgan fingerprint density at radius 2 is 2.15 bits per heavy atom. The van der Waals surface area contributed by atoms with Crippen molar-refractivity contribution in [3.63, 3.8) is 0 Å². The van der Waals surface area contributed by atoms with Crippen molar-refractivity contribution in [2.75, 3.05) is 26.7 Å². The van der Waals surface area contributed by atoms with E-state index in [-0.39, 0.29) is 5.91 Å². The van der Waals surface area contributed by atoms with Gasteiger partial charge in [-0.25, -0.2) is 0 Å². The van der Waals surface area contributed by atoms with Gasteiger partial charge in [-0.15, -0.1) is 0 Å². The van der Waals surface area contributed by atoms with E-state index in [0.717, 1.165) is 43.9 Å². The van der Waals surface area contributed by atoms with Crippen LogP contribution in [0.2, 0.25) is 5.02 Å². The Bertz CT molecular complexity index is 409. The van der Waals surface area contributed by atoms with Gasteiger partial charge in [0.05, 0.1) is 0 Å². The lowest BCUT2D eigenvalue weighted by Gasteiger charge is -2.16. The summed E-state index contributed by atoms with van der Waals surface area (Å²) in [5.74, 6) is 0.216. The van der Waals surface area contributed by atoms with Crippen LogP contribution in [0.3, 0.4) is 0 Å². The molecule has 1 amide bonds. The van der Waals surface area contributed by atoms with Crippen LogP contribution in [0.15, 0.2) is 24.3 Å². The van der Waals surface area contributed by atoms with Crippen LogP contribution in [-0.2, 0) is 11.2 Å². The van der Waals surface area contributed by atoms with E-state index in [4.69, 9.17) is 11.6 Å². The van der Waals surface area contributed by atoms with Gasteiger partial charge in [-0.05, 0) is 37.1 Å². The largest absolute Gasteiger partial charge is 0.346 e. The van der Waals surface area contributed by atoms with Gasteiger partial charge in [0.25, 0.3) is 0 Å². The van der Waals surface area contributed by atoms with Gasteiger partial charge in [0, 0.05) is 31.6 Å². The number of nitrogens with zero attached hydrogens (tertiary/aromatic N) is 1. The number of hydrogen-bond acceptors (Lipinski definition) is 2. The van der Waals surface area contributed by atoms with Gasteiger partial charge >= 0.3 is 0 Å². The minimum absolute atomic E-state index is 0.216. The van der Waals surface area contributed by atoms with Crippen molar-refractivity contribution in [3.8, 4) is 0 Å². The monoisotopic (exact) mass is 296 g/mol. The summed E-state index contributed by atoms with van der Waals surface area (Å²) in [6, 6.07) is 7.89. The molecule has 0 aromatic heterocycles. The molecular weight excluding hydrogens is 272 g/mol. The minimum Gasteiger partial charge on any atom is -0.346 e. The molecule has 4 heteroatoms. The Hall–Kier alpha value is -1.06. The van der Waals surface area contributed by atoms with Gasteiger partial charge in [0.15, 0.2) is 0 Å². The van der Waals surface area contributed by atoms with Crippen LogP contribution in [0.25, 0.3) is 0 Å². The number of unbranched alkanes of at least 4 members (excludes halogenated alkanes) is 1. The third-order valence-corrected chi connectivity index (χ3v) is 3.50. The highest BCUT2D eigenvalue weighted by Crippen LogP contribution is 2.10. The average Bonchev–Trinajstić information content (AvgIpc) is 2.44. The predicted octanol–water partition coefficient (Wildman–Crippen LogP) is 3.12. The fraction of sp³-hybridized carbons (Fsp3) is 0.562. The van der Waals surface area contributed by atoms with Crippen molar-refractivity contribution in [3.05, 3.63) is 34.9 Å². The lowest BCUT2D eigenvalue weighted by atomic mass is 10.1. The van der Waals surface area contributed by atoms with Gasteiger partial charge in [-0.1, -0.05) is 37.1 Å². The molecule has 112 valence electrons. The quantitative estimate of drug-likeness (QED) is 0.710. The van der Waals surface area contributed by atoms with Crippen molar-refractivity contribution >= 4 is 17.5 Å². The second-order valence-electron chi connectivity index (χ2n) is 5.05. The number of carbonyl (C=O) groups is 1. The Kier molecular flexibility index (Phi) is 8.31. The van der Waals surface area contributed by atoms with Crippen LogP contribution >= 0.6 is 11.6 Å². The van der Waals surface area contributed by atoms with Crippen LogP contribution in [0.5, 0.6) is 0 Å². The Morgan fingerprint density at radius 1 is 1.35 bits per heavy atom. The minimum atomic E-state index is 0.216. The molecule has 0 aliphatic rings. The third-order valence-electron chi connectivity index (χ3n) is 3.27. The summed E-state index contributed by atoms with van der Waals surface area (Å²) in [4.78, 5) is 13.6. The predicted molar refractivity (Wildman–Crippen MR) is 85.2 cm³/mol. The number of benzene rings is 1. The zero-order chi connectivity index (χ0) is 14.8. The summed E-state index contributed by atoms with van der Waals surface area (Å²) in [6.45, 7) is 4.59. The molecule has 0 spiro atoms. The fourth-order valence-corrected chi connectivity index (χ4v) is 2.17. The van der Waals surface area contributed by atoms with Crippen molar-refractivity contribution < 1.29 is 4.79 Å². The molecule has 0 saturated carbocycles. The first-order valence-corrected chi connectivity index (χ1v) is 7.70. The summed E-state index contributed by atoms with van der Waals surface area (Å²) >= 11 is 5.93. The summed E-state index contributed by atoms with van der Waals surface area (Å²) in [7, 11) is 1.88. The second kappa shape index (κ2) is 9.78. The van der Waals surface area contributed by atoms with Crippen LogP contribution in [0.4, 0.5) is 0 Å². The lowest BCUT2D eigenvalue weighted by Crippen LogP contribution is -2.31. The Morgan fingerprint density at radius 3 is 2.85 bits per heavy atom. The second-order valence-corrected chi connectivity index (χ2v) is 5.49. The topological polar surface area (TPSA) is 32.3 Å². The van der Waals surface area contributed by atoms with Crippen LogP contribution in [-0.4, -0.2) is 37.5 Å². The first-order chi connectivity index (χ1) is 9.63. The lowest BCUT2D eigenvalue weighted by molar-refractivity contribution is -0.129. The van der Waals surface area contributed by atoms with E-state index in [1.165, 1.54) is 5.56 Å². The highest BCUT2D eigenvalue weighted by Gasteiger charge is 2.06. The van der Waals surface area contributed by atoms with Crippen molar-refractivity contribution in [1.29, 1.82) is 0 Å². The maximum absolute atomic E-state index is 11.8. The van der Waals surface area contributed by atoms with E-state index in [1.807, 2.05) is 30.1 Å². The molecule has 1 aromatic rings. The molecule has 0 heterocycles. The Labute approximate surface area is 127 Å². The molecule has 0 aliphatic heterocycles. The highest BCUT2D eigenvalue weighted by atomic mass is 35.5. The van der Waals surface area contributed by atoms with E-state index >= 15 is 0 Å². The Balaban J connectivity index is 2.11. The first kappa shape index (κ1) is 17.0. The third kappa shape index (κ3) is 6.92. The average molecular weight is 297 g/mol. The smallest absolute Gasteiger partial charge is 0.223 e. The van der Waals surface area contributed by atoms with Gasteiger partial charge in [0.2, 0.25) is 5.91 Å². The van der Waals surface area contributed by atoms with Crippen molar-refractivity contribution in [1.82, 2.24) is 10.2 Å². The normalized spacial score (nSPS) is 10.6. The molecule has 0 bridgehead atoms. The van der Waals surface area contributed by atoms with Crippen LogP contribution < -0.4 is 5.32 Å². The molecule has 1 rings (SSSR count). The standard InChI is InChI=1S/C16H25ClN2O/c1-3-4-12-19(2)16(20)9-11-18-10-8-14-6-5-7-15(17)13-14/h5-7,13,18H,3-4,8-12H2,1-2H3. The fourth-order valence-electron chi connectivity index (χ4n) is 1.96. The zero-order valence-corrected chi connectivity index (χ0v) is 13.2. The van der Waals surface area contributed by atoms with Crippen LogP contribution in [0, 0.1) is 0 Å². The maximum Gasteiger partial charge on any atom is 0.223 e. The number of amides is 1. The highest BCUT2D eigenvalue weighted by molar-refractivity contribution is 6.30. The molecule has 0 unspecified atom stereocenters. The molecule has 0 aliphatic carbocycles. The molecule has 0 radical (unpaired) electrons. The zero-order valence-electron chi connectivity index (χ0n) is 12.5. The van der Waals surface area contributed by atoms with Gasteiger partial charge in [-0.3, -0.25) is 4.79 Å². The molecule has 0 atom stereocenters. The number of rotatable bonds is 9. The number of nitrogens with one attached hydrogen (secondary N) is 1. The number of carbonyl (C=O) groups excluding carboxylic acids is 1. The summed E-state index contributed by atoms with van der Waals surface area (Å²) in [6.07, 6.45) is 3.69. The maximum atomic E-state index is 11.8. The molecule has 20 heavy (non-hydrogen) atoms. The van der Waals surface area contributed by atoms with E-state index in [2.05, 4.69) is 18.3 Å². The SMILES string of the molecule is CCCCN(C)C(=O)CCNCCc1cccc(Cl)c1. The van der Waals surface area contributed by atoms with E-state index in [0.29, 0.717) is 6.42 Å². The number of hydrogen-bond donors (Lipinski definition) is 1. The van der Waals surface area contributed by atoms with E-state index in [1.54, 1.807) is 0 Å².